The van der Waals surface area contributed by atoms with Crippen molar-refractivity contribution >= 4 is 22.4 Å². The number of anilines is 1. The van der Waals surface area contributed by atoms with Crippen molar-refractivity contribution in [1.29, 1.82) is 0 Å². The van der Waals surface area contributed by atoms with Gasteiger partial charge in [0.05, 0.1) is 18.5 Å². The van der Waals surface area contributed by atoms with Crippen LogP contribution in [0.25, 0.3) is 0 Å². The lowest BCUT2D eigenvalue weighted by Crippen LogP contribution is -2.22. The number of hydrogen-bond donors (Lipinski definition) is 2. The minimum Gasteiger partial charge on any atom is -0.467 e. The summed E-state index contributed by atoms with van der Waals surface area (Å²) in [6, 6.07) is 13.7. The molecular weight excluding hydrogens is 310 g/mol. The normalized spacial score (nSPS) is 10.5. The molecule has 0 aliphatic heterocycles. The van der Waals surface area contributed by atoms with Crippen molar-refractivity contribution in [3.8, 4) is 0 Å². The zero-order valence-electron chi connectivity index (χ0n) is 12.7. The van der Waals surface area contributed by atoms with E-state index < -0.39 is 0 Å². The van der Waals surface area contributed by atoms with Crippen LogP contribution in [0.4, 0.5) is 5.13 Å². The molecule has 0 aliphatic rings. The fourth-order valence-corrected chi connectivity index (χ4v) is 3.00. The summed E-state index contributed by atoms with van der Waals surface area (Å²) in [6.07, 6.45) is 1.59. The number of amides is 1. The van der Waals surface area contributed by atoms with Gasteiger partial charge in [-0.25, -0.2) is 4.98 Å². The summed E-state index contributed by atoms with van der Waals surface area (Å²) < 4.78 is 5.20. The highest BCUT2D eigenvalue weighted by molar-refractivity contribution is 7.17. The molecule has 0 saturated heterocycles. The largest absolute Gasteiger partial charge is 0.467 e. The number of carbonyl (C=O) groups excluding carboxylic acids is 1. The fourth-order valence-electron chi connectivity index (χ4n) is 2.12. The van der Waals surface area contributed by atoms with Gasteiger partial charge in [0.15, 0.2) is 5.13 Å². The highest BCUT2D eigenvalue weighted by Crippen LogP contribution is 2.23. The number of furan rings is 1. The van der Waals surface area contributed by atoms with Crippen molar-refractivity contribution < 1.29 is 9.21 Å². The van der Waals surface area contributed by atoms with Crippen molar-refractivity contribution in [1.82, 2.24) is 10.3 Å². The zero-order chi connectivity index (χ0) is 16.1. The molecule has 1 aromatic carbocycles. The molecule has 2 heterocycles. The van der Waals surface area contributed by atoms with Gasteiger partial charge >= 0.3 is 0 Å². The average Bonchev–Trinajstić information content (AvgIpc) is 3.21. The fraction of sp³-hybridized carbons (Fsp3) is 0.176. The molecule has 0 fully saturated rings. The summed E-state index contributed by atoms with van der Waals surface area (Å²) in [5.74, 6) is 0.590. The van der Waals surface area contributed by atoms with Crippen molar-refractivity contribution in [3.05, 3.63) is 70.6 Å². The van der Waals surface area contributed by atoms with Crippen LogP contribution < -0.4 is 10.6 Å². The van der Waals surface area contributed by atoms with Crippen LogP contribution in [0.15, 0.2) is 53.1 Å². The summed E-state index contributed by atoms with van der Waals surface area (Å²) >= 11 is 1.36. The van der Waals surface area contributed by atoms with E-state index in [4.69, 9.17) is 4.42 Å². The highest BCUT2D eigenvalue weighted by atomic mass is 32.1. The predicted octanol–water partition coefficient (Wildman–Crippen LogP) is 3.59. The lowest BCUT2D eigenvalue weighted by atomic mass is 10.2. The van der Waals surface area contributed by atoms with E-state index in [2.05, 4.69) is 15.6 Å². The van der Waals surface area contributed by atoms with E-state index >= 15 is 0 Å². The number of rotatable bonds is 6. The Morgan fingerprint density at radius 1 is 1.17 bits per heavy atom. The van der Waals surface area contributed by atoms with Crippen molar-refractivity contribution in [2.24, 2.45) is 0 Å². The van der Waals surface area contributed by atoms with E-state index in [0.29, 0.717) is 18.0 Å². The quantitative estimate of drug-likeness (QED) is 0.726. The molecule has 3 rings (SSSR count). The van der Waals surface area contributed by atoms with Crippen molar-refractivity contribution in [3.63, 3.8) is 0 Å². The number of aryl methyl sites for hydroxylation is 1. The zero-order valence-corrected chi connectivity index (χ0v) is 13.5. The molecule has 0 unspecified atom stereocenters. The van der Waals surface area contributed by atoms with E-state index in [0.717, 1.165) is 16.6 Å². The third kappa shape index (κ3) is 3.98. The summed E-state index contributed by atoms with van der Waals surface area (Å²) in [6.45, 7) is 2.89. The number of nitrogens with one attached hydrogen (secondary N) is 2. The summed E-state index contributed by atoms with van der Waals surface area (Å²) in [5, 5.41) is 6.84. The van der Waals surface area contributed by atoms with Gasteiger partial charge in [-0.2, -0.15) is 0 Å². The lowest BCUT2D eigenvalue weighted by molar-refractivity contribution is 0.0951. The van der Waals surface area contributed by atoms with Gasteiger partial charge < -0.3 is 15.1 Å². The molecule has 1 amide bonds. The second kappa shape index (κ2) is 7.11. The number of benzene rings is 1. The molecule has 118 valence electrons. The average molecular weight is 327 g/mol. The van der Waals surface area contributed by atoms with E-state index in [1.165, 1.54) is 16.9 Å². The smallest absolute Gasteiger partial charge is 0.263 e. The highest BCUT2D eigenvalue weighted by Gasteiger charge is 2.15. The SMILES string of the molecule is Cc1nc(NCc2ccccc2)sc1C(=O)NCc1ccco1. The van der Waals surface area contributed by atoms with Crippen LogP contribution in [0, 0.1) is 6.92 Å². The summed E-state index contributed by atoms with van der Waals surface area (Å²) in [5.41, 5.74) is 1.90. The topological polar surface area (TPSA) is 67.2 Å². The predicted molar refractivity (Wildman–Crippen MR) is 90.5 cm³/mol. The number of nitrogens with zero attached hydrogens (tertiary/aromatic N) is 1. The Morgan fingerprint density at radius 2 is 2.00 bits per heavy atom. The van der Waals surface area contributed by atoms with Crippen LogP contribution in [0.2, 0.25) is 0 Å². The van der Waals surface area contributed by atoms with Crippen LogP contribution >= 0.6 is 11.3 Å². The van der Waals surface area contributed by atoms with E-state index in [9.17, 15) is 4.79 Å². The molecule has 0 aliphatic carbocycles. The number of hydrogen-bond acceptors (Lipinski definition) is 5. The number of thiazole rings is 1. The van der Waals surface area contributed by atoms with Gasteiger partial charge in [0.2, 0.25) is 0 Å². The van der Waals surface area contributed by atoms with E-state index in [1.807, 2.05) is 43.3 Å². The van der Waals surface area contributed by atoms with Crippen molar-refractivity contribution in [2.75, 3.05) is 5.32 Å². The van der Waals surface area contributed by atoms with Gasteiger partial charge in [0.25, 0.3) is 5.91 Å². The summed E-state index contributed by atoms with van der Waals surface area (Å²) in [7, 11) is 0. The Bertz CT molecular complexity index is 767. The molecule has 0 bridgehead atoms. The minimum absolute atomic E-state index is 0.135. The Kier molecular flexibility index (Phi) is 4.73. The van der Waals surface area contributed by atoms with Gasteiger partial charge in [0, 0.05) is 6.54 Å². The third-order valence-electron chi connectivity index (χ3n) is 3.29. The van der Waals surface area contributed by atoms with Gasteiger partial charge in [-0.3, -0.25) is 4.79 Å². The first-order valence-corrected chi connectivity index (χ1v) is 8.10. The van der Waals surface area contributed by atoms with Gasteiger partial charge in [-0.1, -0.05) is 41.7 Å². The van der Waals surface area contributed by atoms with Crippen LogP contribution in [-0.2, 0) is 13.1 Å². The first-order chi connectivity index (χ1) is 11.2. The molecule has 5 nitrogen and oxygen atoms in total. The van der Waals surface area contributed by atoms with Crippen LogP contribution in [0.5, 0.6) is 0 Å². The molecular formula is C17H17N3O2S. The first kappa shape index (κ1) is 15.3. The maximum atomic E-state index is 12.2. The first-order valence-electron chi connectivity index (χ1n) is 7.28. The molecule has 2 aromatic heterocycles. The molecule has 0 radical (unpaired) electrons. The maximum Gasteiger partial charge on any atom is 0.263 e. The van der Waals surface area contributed by atoms with Gasteiger partial charge in [-0.05, 0) is 24.6 Å². The Hall–Kier alpha value is -2.60. The van der Waals surface area contributed by atoms with Gasteiger partial charge in [0.1, 0.15) is 10.6 Å². The van der Waals surface area contributed by atoms with Crippen LogP contribution in [-0.4, -0.2) is 10.9 Å². The summed E-state index contributed by atoms with van der Waals surface area (Å²) in [4.78, 5) is 17.3. The minimum atomic E-state index is -0.135. The number of aromatic nitrogens is 1. The second-order valence-corrected chi connectivity index (χ2v) is 6.03. The molecule has 3 aromatic rings. The molecule has 0 saturated carbocycles. The molecule has 23 heavy (non-hydrogen) atoms. The third-order valence-corrected chi connectivity index (χ3v) is 4.41. The Morgan fingerprint density at radius 3 is 2.74 bits per heavy atom. The molecule has 0 spiro atoms. The van der Waals surface area contributed by atoms with E-state index in [1.54, 1.807) is 12.3 Å². The number of carbonyl (C=O) groups is 1. The lowest BCUT2D eigenvalue weighted by Gasteiger charge is -2.02. The second-order valence-electron chi connectivity index (χ2n) is 5.03. The Labute approximate surface area is 138 Å². The monoisotopic (exact) mass is 327 g/mol. The van der Waals surface area contributed by atoms with Crippen LogP contribution in [0.3, 0.4) is 0 Å². The molecule has 6 heteroatoms. The van der Waals surface area contributed by atoms with Crippen LogP contribution in [0.1, 0.15) is 26.7 Å². The molecule has 0 atom stereocenters. The maximum absolute atomic E-state index is 12.2. The van der Waals surface area contributed by atoms with Crippen molar-refractivity contribution in [2.45, 2.75) is 20.0 Å². The van der Waals surface area contributed by atoms with E-state index in [-0.39, 0.29) is 5.91 Å². The molecule has 2 N–H and O–H groups in total. The Balaban J connectivity index is 1.60. The van der Waals surface area contributed by atoms with Gasteiger partial charge in [-0.15, -0.1) is 0 Å². The standard InChI is InChI=1S/C17H17N3O2S/c1-12-15(16(21)18-11-14-8-5-9-22-14)23-17(20-12)19-10-13-6-3-2-4-7-13/h2-9H,10-11H2,1H3,(H,18,21)(H,19,20).